The van der Waals surface area contributed by atoms with E-state index in [9.17, 15) is 4.39 Å². The van der Waals surface area contributed by atoms with Crippen molar-refractivity contribution in [2.45, 2.75) is 71.6 Å². The van der Waals surface area contributed by atoms with Crippen molar-refractivity contribution in [1.82, 2.24) is 30.8 Å². The highest BCUT2D eigenvalue weighted by Crippen LogP contribution is 2.34. The standard InChI is InChI=1S/C23H29FN6.2C2H6.CH3NO/c1-29-21(10-13-25-29)22-19-4-2-3-5-20(19)23(28-27-22)30-14-11-18(12-15-30)26-17-8-6-16(24)7-9-17;2*1-2;2-1-3/h2-6,8,10,13,18,22-23,26-28H,7,9,11-12,14-15H2,1H3;2*1-2H3;1H,(H2,2,3). The number of aromatic nitrogens is 2. The SMILES string of the molecule is CC.CC.Cn1nccc1C1NNC(N2CCC(NC3=CC=C(F)CC3)CC2)c2ccccc21.NC=O. The van der Waals surface area contributed by atoms with Gasteiger partial charge in [-0.1, -0.05) is 52.0 Å². The fourth-order valence-electron chi connectivity index (χ4n) is 4.83. The number of nitrogens with one attached hydrogen (secondary N) is 3. The third-order valence-corrected chi connectivity index (χ3v) is 6.50. The van der Waals surface area contributed by atoms with Crippen molar-refractivity contribution in [3.05, 3.63) is 77.0 Å². The Morgan fingerprint density at radius 3 is 2.24 bits per heavy atom. The molecule has 0 radical (unpaired) electrons. The Morgan fingerprint density at radius 2 is 1.68 bits per heavy atom. The van der Waals surface area contributed by atoms with Gasteiger partial charge in [-0.15, -0.1) is 0 Å². The molecule has 204 valence electrons. The highest BCUT2D eigenvalue weighted by molar-refractivity contribution is 5.42. The maximum atomic E-state index is 13.2. The second-order valence-electron chi connectivity index (χ2n) is 8.53. The number of primary amides is 1. The zero-order valence-electron chi connectivity index (χ0n) is 22.9. The highest BCUT2D eigenvalue weighted by Gasteiger charge is 2.33. The normalized spacial score (nSPS) is 21.2. The van der Waals surface area contributed by atoms with Gasteiger partial charge >= 0.3 is 0 Å². The largest absolute Gasteiger partial charge is 0.386 e. The highest BCUT2D eigenvalue weighted by atomic mass is 19.1. The molecule has 9 heteroatoms. The van der Waals surface area contributed by atoms with E-state index in [1.807, 2.05) is 51.7 Å². The van der Waals surface area contributed by atoms with Gasteiger partial charge in [-0.3, -0.25) is 14.4 Å². The number of carbonyl (C=O) groups excluding carboxylic acids is 1. The second kappa shape index (κ2) is 16.0. The summed E-state index contributed by atoms with van der Waals surface area (Å²) < 4.78 is 15.1. The summed E-state index contributed by atoms with van der Waals surface area (Å²) in [5.74, 6) is -0.0191. The molecule has 0 bridgehead atoms. The van der Waals surface area contributed by atoms with Crippen LogP contribution in [0, 0.1) is 0 Å². The van der Waals surface area contributed by atoms with Crippen molar-refractivity contribution >= 4 is 6.41 Å². The molecule has 2 aromatic rings. The molecule has 1 saturated heterocycles. The van der Waals surface area contributed by atoms with Gasteiger partial charge < -0.3 is 11.1 Å². The average molecular weight is 514 g/mol. The summed E-state index contributed by atoms with van der Waals surface area (Å²) in [6.45, 7) is 10.0. The van der Waals surface area contributed by atoms with Crippen LogP contribution in [0.3, 0.4) is 0 Å². The molecule has 0 spiro atoms. The number of aryl methyl sites for hydroxylation is 1. The Balaban J connectivity index is 0.000000630. The number of benzene rings is 1. The molecule has 1 amide bonds. The van der Waals surface area contributed by atoms with E-state index in [-0.39, 0.29) is 24.4 Å². The maximum Gasteiger partial charge on any atom is 0.204 e. The van der Waals surface area contributed by atoms with Gasteiger partial charge in [0.05, 0.1) is 17.9 Å². The van der Waals surface area contributed by atoms with Gasteiger partial charge in [-0.05, 0) is 48.6 Å². The molecule has 1 aliphatic carbocycles. The van der Waals surface area contributed by atoms with Crippen molar-refractivity contribution in [2.24, 2.45) is 12.8 Å². The lowest BCUT2D eigenvalue weighted by atomic mass is 9.93. The van der Waals surface area contributed by atoms with Crippen molar-refractivity contribution < 1.29 is 9.18 Å². The predicted octanol–water partition coefficient (Wildman–Crippen LogP) is 4.35. The number of nitrogens with two attached hydrogens (primary N) is 1. The minimum absolute atomic E-state index is 0.0191. The Morgan fingerprint density at radius 1 is 1.03 bits per heavy atom. The fraction of sp³-hybridized carbons (Fsp3) is 0.500. The lowest BCUT2D eigenvalue weighted by Gasteiger charge is -2.43. The molecule has 1 fully saturated rings. The lowest BCUT2D eigenvalue weighted by molar-refractivity contribution is -0.106. The van der Waals surface area contributed by atoms with Gasteiger partial charge in [-0.25, -0.2) is 15.2 Å². The molecule has 1 aromatic carbocycles. The van der Waals surface area contributed by atoms with E-state index >= 15 is 0 Å². The lowest BCUT2D eigenvalue weighted by Crippen LogP contribution is -2.54. The molecule has 2 aliphatic heterocycles. The van der Waals surface area contributed by atoms with Crippen molar-refractivity contribution in [3.63, 3.8) is 0 Å². The molecular weight excluding hydrogens is 469 g/mol. The van der Waals surface area contributed by atoms with Crippen molar-refractivity contribution in [1.29, 1.82) is 0 Å². The zero-order chi connectivity index (χ0) is 27.2. The first-order valence-electron chi connectivity index (χ1n) is 13.4. The number of halogens is 1. The van der Waals surface area contributed by atoms with Crippen LogP contribution in [0.5, 0.6) is 0 Å². The van der Waals surface area contributed by atoms with Crippen LogP contribution in [0.4, 0.5) is 4.39 Å². The molecule has 8 nitrogen and oxygen atoms in total. The van der Waals surface area contributed by atoms with Crippen LogP contribution in [-0.2, 0) is 11.8 Å². The van der Waals surface area contributed by atoms with E-state index in [0.29, 0.717) is 12.5 Å². The molecule has 37 heavy (non-hydrogen) atoms. The van der Waals surface area contributed by atoms with Crippen LogP contribution in [0.2, 0.25) is 0 Å². The van der Waals surface area contributed by atoms with Gasteiger partial charge in [0, 0.05) is 44.5 Å². The number of rotatable bonds is 4. The summed E-state index contributed by atoms with van der Waals surface area (Å²) in [6, 6.07) is 11.3. The van der Waals surface area contributed by atoms with Crippen LogP contribution >= 0.6 is 0 Å². The number of allylic oxidation sites excluding steroid dienone is 4. The summed E-state index contributed by atoms with van der Waals surface area (Å²) in [7, 11) is 1.98. The number of hydrazine groups is 1. The fourth-order valence-corrected chi connectivity index (χ4v) is 4.83. The van der Waals surface area contributed by atoms with Crippen molar-refractivity contribution in [2.75, 3.05) is 13.1 Å². The number of hydrogen-bond donors (Lipinski definition) is 4. The number of piperidine rings is 1. The number of likely N-dealkylation sites (tertiary alicyclic amines) is 1. The Bertz CT molecular complexity index is 1010. The second-order valence-corrected chi connectivity index (χ2v) is 8.53. The Kier molecular flexibility index (Phi) is 13.0. The summed E-state index contributed by atoms with van der Waals surface area (Å²) in [4.78, 5) is 11.1. The minimum Gasteiger partial charge on any atom is -0.386 e. The third kappa shape index (κ3) is 7.99. The number of hydrogen-bond acceptors (Lipinski definition) is 6. The summed E-state index contributed by atoms with van der Waals surface area (Å²) in [5.41, 5.74) is 16.2. The average Bonchev–Trinajstić information content (AvgIpc) is 3.38. The van der Waals surface area contributed by atoms with E-state index < -0.39 is 0 Å². The van der Waals surface area contributed by atoms with Gasteiger partial charge in [0.15, 0.2) is 0 Å². The quantitative estimate of drug-likeness (QED) is 0.454. The molecule has 5 N–H and O–H groups in total. The van der Waals surface area contributed by atoms with E-state index in [1.54, 1.807) is 6.08 Å². The van der Waals surface area contributed by atoms with Crippen LogP contribution in [-0.4, -0.2) is 40.2 Å². The molecular formula is C28H44FN7O. The van der Waals surface area contributed by atoms with Gasteiger partial charge in [0.25, 0.3) is 0 Å². The van der Waals surface area contributed by atoms with Crippen LogP contribution < -0.4 is 21.9 Å². The molecule has 3 aliphatic rings. The summed E-state index contributed by atoms with van der Waals surface area (Å²) in [6.07, 6.45) is 9.18. The van der Waals surface area contributed by atoms with E-state index in [4.69, 9.17) is 4.79 Å². The van der Waals surface area contributed by atoms with E-state index in [0.717, 1.165) is 43.7 Å². The van der Waals surface area contributed by atoms with Gasteiger partial charge in [0.1, 0.15) is 5.83 Å². The number of amides is 1. The smallest absolute Gasteiger partial charge is 0.204 e. The van der Waals surface area contributed by atoms with Crippen LogP contribution in [0.25, 0.3) is 0 Å². The molecule has 1 aromatic heterocycles. The monoisotopic (exact) mass is 513 g/mol. The van der Waals surface area contributed by atoms with E-state index in [1.165, 1.54) is 11.1 Å². The summed E-state index contributed by atoms with van der Waals surface area (Å²) in [5, 5.41) is 7.97. The first-order chi connectivity index (χ1) is 18.1. The first-order valence-corrected chi connectivity index (χ1v) is 13.4. The molecule has 3 heterocycles. The first kappa shape index (κ1) is 30.2. The third-order valence-electron chi connectivity index (χ3n) is 6.50. The topological polar surface area (TPSA) is 100 Å². The predicted molar refractivity (Wildman–Crippen MR) is 148 cm³/mol. The molecule has 0 saturated carbocycles. The Hall–Kier alpha value is -3.01. The van der Waals surface area contributed by atoms with Crippen LogP contribution in [0.15, 0.2) is 60.2 Å². The maximum absolute atomic E-state index is 13.2. The molecule has 2 unspecified atom stereocenters. The number of nitrogens with zero attached hydrogens (tertiary/aromatic N) is 3. The van der Waals surface area contributed by atoms with Crippen molar-refractivity contribution in [3.8, 4) is 0 Å². The summed E-state index contributed by atoms with van der Waals surface area (Å²) >= 11 is 0. The van der Waals surface area contributed by atoms with E-state index in [2.05, 4.69) is 62.2 Å². The van der Waals surface area contributed by atoms with Gasteiger partial charge in [0.2, 0.25) is 6.41 Å². The zero-order valence-corrected chi connectivity index (χ0v) is 22.9. The Labute approximate surface area is 221 Å². The molecule has 2 atom stereocenters. The molecule has 5 rings (SSSR count). The number of carbonyl (C=O) groups is 1. The minimum atomic E-state index is -0.0191. The number of fused-ring (bicyclic) bond motifs is 1. The van der Waals surface area contributed by atoms with Crippen LogP contribution in [0.1, 0.15) is 82.4 Å². The van der Waals surface area contributed by atoms with Gasteiger partial charge in [-0.2, -0.15) is 5.10 Å².